The summed E-state index contributed by atoms with van der Waals surface area (Å²) in [7, 11) is 0. The number of nitrogens with zero attached hydrogens (tertiary/aromatic N) is 4. The highest BCUT2D eigenvalue weighted by atomic mass is 79.9. The van der Waals surface area contributed by atoms with Crippen LogP contribution in [0.3, 0.4) is 0 Å². The van der Waals surface area contributed by atoms with Crippen molar-refractivity contribution in [3.63, 3.8) is 0 Å². The van der Waals surface area contributed by atoms with Crippen LogP contribution in [0.4, 0.5) is 9.93 Å². The molecule has 19 heavy (non-hydrogen) atoms. The molecule has 1 aliphatic rings. The minimum absolute atomic E-state index is 0.216. The van der Waals surface area contributed by atoms with Gasteiger partial charge in [-0.3, -0.25) is 0 Å². The Kier molecular flexibility index (Phi) is 4.98. The summed E-state index contributed by atoms with van der Waals surface area (Å²) in [5.41, 5.74) is 0. The molecule has 8 heteroatoms. The van der Waals surface area contributed by atoms with Crippen molar-refractivity contribution in [1.29, 1.82) is 0 Å². The molecule has 0 N–H and O–H groups in total. The first-order chi connectivity index (χ1) is 9.06. The molecule has 2 heterocycles. The van der Waals surface area contributed by atoms with Crippen molar-refractivity contribution in [1.82, 2.24) is 15.1 Å². The number of anilines is 1. The van der Waals surface area contributed by atoms with Gasteiger partial charge in [0.1, 0.15) is 0 Å². The molecule has 1 aromatic rings. The first kappa shape index (κ1) is 14.5. The standard InChI is InChI=1S/C11H17BrN4O2S/c1-8(2)7-18-11(17)16-5-3-15(4-6-16)10-14-13-9(12)19-10/h8H,3-7H2,1-2H3. The van der Waals surface area contributed by atoms with Crippen molar-refractivity contribution < 1.29 is 9.53 Å². The number of halogens is 1. The first-order valence-electron chi connectivity index (χ1n) is 6.22. The third-order valence-electron chi connectivity index (χ3n) is 2.74. The lowest BCUT2D eigenvalue weighted by molar-refractivity contribution is 0.0901. The van der Waals surface area contributed by atoms with Crippen LogP contribution in [-0.4, -0.2) is 54.0 Å². The Morgan fingerprint density at radius 3 is 2.58 bits per heavy atom. The van der Waals surface area contributed by atoms with E-state index in [1.54, 1.807) is 4.90 Å². The molecule has 0 saturated carbocycles. The van der Waals surface area contributed by atoms with Gasteiger partial charge in [0, 0.05) is 26.2 Å². The van der Waals surface area contributed by atoms with E-state index in [2.05, 4.69) is 31.0 Å². The van der Waals surface area contributed by atoms with Crippen molar-refractivity contribution in [2.45, 2.75) is 13.8 Å². The minimum atomic E-state index is -0.216. The van der Waals surface area contributed by atoms with Crippen LogP contribution in [0.15, 0.2) is 3.92 Å². The van der Waals surface area contributed by atoms with Gasteiger partial charge >= 0.3 is 6.09 Å². The Labute approximate surface area is 124 Å². The molecule has 0 radical (unpaired) electrons. The second-order valence-electron chi connectivity index (χ2n) is 4.78. The third-order valence-corrected chi connectivity index (χ3v) is 4.15. The Bertz CT molecular complexity index is 432. The average Bonchev–Trinajstić information content (AvgIpc) is 2.83. The number of rotatable bonds is 3. The Morgan fingerprint density at radius 2 is 2.05 bits per heavy atom. The zero-order valence-electron chi connectivity index (χ0n) is 11.0. The molecule has 1 amide bonds. The SMILES string of the molecule is CC(C)COC(=O)N1CCN(c2nnc(Br)s2)CC1. The zero-order valence-corrected chi connectivity index (χ0v) is 13.4. The number of ether oxygens (including phenoxy) is 1. The van der Waals surface area contributed by atoms with E-state index in [0.717, 1.165) is 22.1 Å². The molecule has 2 rings (SSSR count). The van der Waals surface area contributed by atoms with Gasteiger partial charge in [0.2, 0.25) is 5.13 Å². The lowest BCUT2D eigenvalue weighted by atomic mass is 10.2. The predicted octanol–water partition coefficient (Wildman–Crippen LogP) is 2.22. The second kappa shape index (κ2) is 6.51. The fraction of sp³-hybridized carbons (Fsp3) is 0.727. The number of piperazine rings is 1. The topological polar surface area (TPSA) is 58.6 Å². The van der Waals surface area contributed by atoms with Gasteiger partial charge in [-0.15, -0.1) is 10.2 Å². The Hall–Kier alpha value is -0.890. The maximum Gasteiger partial charge on any atom is 0.409 e. The largest absolute Gasteiger partial charge is 0.449 e. The Balaban J connectivity index is 1.80. The third kappa shape index (κ3) is 4.04. The van der Waals surface area contributed by atoms with Crippen LogP contribution in [0, 0.1) is 5.92 Å². The van der Waals surface area contributed by atoms with Gasteiger partial charge < -0.3 is 14.5 Å². The van der Waals surface area contributed by atoms with Gasteiger partial charge in [-0.1, -0.05) is 25.2 Å². The van der Waals surface area contributed by atoms with Crippen molar-refractivity contribution in [2.75, 3.05) is 37.7 Å². The first-order valence-corrected chi connectivity index (χ1v) is 7.83. The molecule has 0 aromatic carbocycles. The van der Waals surface area contributed by atoms with E-state index < -0.39 is 0 Å². The van der Waals surface area contributed by atoms with E-state index in [9.17, 15) is 4.79 Å². The normalized spacial score (nSPS) is 16.0. The monoisotopic (exact) mass is 348 g/mol. The van der Waals surface area contributed by atoms with Crippen molar-refractivity contribution >= 4 is 38.5 Å². The van der Waals surface area contributed by atoms with Crippen LogP contribution in [0.25, 0.3) is 0 Å². The van der Waals surface area contributed by atoms with Gasteiger partial charge in [-0.25, -0.2) is 4.79 Å². The summed E-state index contributed by atoms with van der Waals surface area (Å²) < 4.78 is 6.00. The van der Waals surface area contributed by atoms with Gasteiger partial charge in [-0.2, -0.15) is 0 Å². The van der Waals surface area contributed by atoms with E-state index >= 15 is 0 Å². The molecule has 106 valence electrons. The van der Waals surface area contributed by atoms with E-state index in [4.69, 9.17) is 4.74 Å². The fourth-order valence-corrected chi connectivity index (χ4v) is 2.87. The number of aromatic nitrogens is 2. The van der Waals surface area contributed by atoms with E-state index in [0.29, 0.717) is 25.6 Å². The molecule has 0 atom stereocenters. The van der Waals surface area contributed by atoms with Gasteiger partial charge in [0.15, 0.2) is 3.92 Å². The minimum Gasteiger partial charge on any atom is -0.449 e. The summed E-state index contributed by atoms with van der Waals surface area (Å²) in [4.78, 5) is 15.7. The quantitative estimate of drug-likeness (QED) is 0.838. The lowest BCUT2D eigenvalue weighted by Crippen LogP contribution is -2.49. The molecular weight excluding hydrogens is 332 g/mol. The summed E-state index contributed by atoms with van der Waals surface area (Å²) in [5, 5.41) is 8.91. The van der Waals surface area contributed by atoms with Crippen LogP contribution >= 0.6 is 27.3 Å². The van der Waals surface area contributed by atoms with E-state index in [1.807, 2.05) is 13.8 Å². The molecular formula is C11H17BrN4O2S. The van der Waals surface area contributed by atoms with Crippen LogP contribution in [0.2, 0.25) is 0 Å². The Morgan fingerprint density at radius 1 is 1.37 bits per heavy atom. The van der Waals surface area contributed by atoms with Crippen LogP contribution in [0.5, 0.6) is 0 Å². The van der Waals surface area contributed by atoms with Gasteiger partial charge in [-0.05, 0) is 21.8 Å². The zero-order chi connectivity index (χ0) is 13.8. The molecule has 1 fully saturated rings. The maximum atomic E-state index is 11.8. The van der Waals surface area contributed by atoms with Gasteiger partial charge in [0.05, 0.1) is 6.61 Å². The molecule has 0 aliphatic carbocycles. The highest BCUT2D eigenvalue weighted by molar-refractivity contribution is 9.11. The van der Waals surface area contributed by atoms with Crippen molar-refractivity contribution in [3.05, 3.63) is 3.92 Å². The average molecular weight is 349 g/mol. The number of amides is 1. The molecule has 6 nitrogen and oxygen atoms in total. The molecule has 0 spiro atoms. The fourth-order valence-electron chi connectivity index (χ4n) is 1.74. The summed E-state index contributed by atoms with van der Waals surface area (Å²) in [6.07, 6.45) is -0.216. The maximum absolute atomic E-state index is 11.8. The number of hydrogen-bond acceptors (Lipinski definition) is 6. The highest BCUT2D eigenvalue weighted by Gasteiger charge is 2.24. The summed E-state index contributed by atoms with van der Waals surface area (Å²) in [5.74, 6) is 0.365. The molecule has 0 unspecified atom stereocenters. The van der Waals surface area contributed by atoms with Crippen molar-refractivity contribution in [2.24, 2.45) is 5.92 Å². The number of hydrogen-bond donors (Lipinski definition) is 0. The molecule has 1 aliphatic heterocycles. The summed E-state index contributed by atoms with van der Waals surface area (Å²) in [6.45, 7) is 7.37. The molecule has 1 saturated heterocycles. The summed E-state index contributed by atoms with van der Waals surface area (Å²) >= 11 is 4.81. The second-order valence-corrected chi connectivity index (χ2v) is 7.01. The lowest BCUT2D eigenvalue weighted by Gasteiger charge is -2.33. The molecule has 0 bridgehead atoms. The van der Waals surface area contributed by atoms with Gasteiger partial charge in [0.25, 0.3) is 0 Å². The summed E-state index contributed by atoms with van der Waals surface area (Å²) in [6, 6.07) is 0. The van der Waals surface area contributed by atoms with E-state index in [-0.39, 0.29) is 6.09 Å². The highest BCUT2D eigenvalue weighted by Crippen LogP contribution is 2.24. The van der Waals surface area contributed by atoms with E-state index in [1.165, 1.54) is 11.3 Å². The predicted molar refractivity (Wildman–Crippen MR) is 77.6 cm³/mol. The van der Waals surface area contributed by atoms with Crippen LogP contribution in [-0.2, 0) is 4.74 Å². The van der Waals surface area contributed by atoms with Crippen LogP contribution in [0.1, 0.15) is 13.8 Å². The smallest absolute Gasteiger partial charge is 0.409 e. The number of carbonyl (C=O) groups is 1. The molecule has 1 aromatic heterocycles. The van der Waals surface area contributed by atoms with Crippen LogP contribution < -0.4 is 4.90 Å². The number of carbonyl (C=O) groups excluding carboxylic acids is 1. The van der Waals surface area contributed by atoms with Crippen molar-refractivity contribution in [3.8, 4) is 0 Å².